The maximum Gasteiger partial charge on any atom is 0.125 e. The van der Waals surface area contributed by atoms with Crippen LogP contribution in [0, 0.1) is 5.92 Å². The average Bonchev–Trinajstić information content (AvgIpc) is 3.08. The molecule has 19 heavy (non-hydrogen) atoms. The normalized spacial score (nSPS) is 18.2. The molecule has 0 radical (unpaired) electrons. The quantitative estimate of drug-likeness (QED) is 0.839. The molecule has 1 saturated carbocycles. The number of benzene rings is 1. The molecule has 2 heteroatoms. The average molecular weight is 255 g/mol. The first-order valence-corrected chi connectivity index (χ1v) is 7.17. The highest BCUT2D eigenvalue weighted by atomic mass is 16.3. The van der Waals surface area contributed by atoms with Gasteiger partial charge >= 0.3 is 0 Å². The second-order valence-corrected chi connectivity index (χ2v) is 5.61. The second-order valence-electron chi connectivity index (χ2n) is 5.61. The van der Waals surface area contributed by atoms with Crippen LogP contribution in [0.3, 0.4) is 0 Å². The van der Waals surface area contributed by atoms with Gasteiger partial charge in [0.05, 0.1) is 12.3 Å². The number of hydrogen-bond acceptors (Lipinski definition) is 2. The summed E-state index contributed by atoms with van der Waals surface area (Å²) in [5.74, 6) is 1.93. The van der Waals surface area contributed by atoms with Gasteiger partial charge in [0.25, 0.3) is 0 Å². The van der Waals surface area contributed by atoms with Crippen molar-refractivity contribution < 1.29 is 4.42 Å². The van der Waals surface area contributed by atoms with Crippen molar-refractivity contribution in [2.45, 2.75) is 38.3 Å². The number of rotatable bonds is 6. The van der Waals surface area contributed by atoms with Crippen molar-refractivity contribution in [1.29, 1.82) is 0 Å². The summed E-state index contributed by atoms with van der Waals surface area (Å²) >= 11 is 0. The zero-order valence-corrected chi connectivity index (χ0v) is 11.4. The lowest BCUT2D eigenvalue weighted by Crippen LogP contribution is -2.31. The third kappa shape index (κ3) is 3.27. The van der Waals surface area contributed by atoms with E-state index >= 15 is 0 Å². The van der Waals surface area contributed by atoms with E-state index in [9.17, 15) is 0 Å². The van der Waals surface area contributed by atoms with Gasteiger partial charge in [0.2, 0.25) is 0 Å². The maximum absolute atomic E-state index is 5.61. The van der Waals surface area contributed by atoms with E-state index in [0.29, 0.717) is 6.04 Å². The third-order valence-corrected chi connectivity index (χ3v) is 3.80. The van der Waals surface area contributed by atoms with E-state index in [0.717, 1.165) is 11.7 Å². The van der Waals surface area contributed by atoms with E-state index in [1.807, 2.05) is 6.07 Å². The molecule has 1 aromatic carbocycles. The van der Waals surface area contributed by atoms with E-state index in [-0.39, 0.29) is 6.04 Å². The van der Waals surface area contributed by atoms with Crippen molar-refractivity contribution in [3.8, 4) is 0 Å². The van der Waals surface area contributed by atoms with E-state index in [2.05, 4.69) is 48.6 Å². The van der Waals surface area contributed by atoms with Crippen molar-refractivity contribution in [3.63, 3.8) is 0 Å². The van der Waals surface area contributed by atoms with Gasteiger partial charge in [0.1, 0.15) is 5.76 Å². The van der Waals surface area contributed by atoms with Crippen LogP contribution < -0.4 is 5.32 Å². The van der Waals surface area contributed by atoms with E-state index in [1.165, 1.54) is 24.8 Å². The first kappa shape index (κ1) is 12.5. The first-order valence-electron chi connectivity index (χ1n) is 7.17. The summed E-state index contributed by atoms with van der Waals surface area (Å²) in [5, 5.41) is 3.71. The summed E-state index contributed by atoms with van der Waals surface area (Å²) in [6.07, 6.45) is 5.83. The zero-order chi connectivity index (χ0) is 13.1. The summed E-state index contributed by atoms with van der Waals surface area (Å²) in [4.78, 5) is 0. The van der Waals surface area contributed by atoms with E-state index < -0.39 is 0 Å². The molecule has 2 aromatic rings. The lowest BCUT2D eigenvalue weighted by atomic mass is 10.0. The van der Waals surface area contributed by atoms with Gasteiger partial charge in [-0.3, -0.25) is 0 Å². The predicted molar refractivity (Wildman–Crippen MR) is 76.9 cm³/mol. The van der Waals surface area contributed by atoms with Gasteiger partial charge in [-0.05, 0) is 37.0 Å². The SMILES string of the molecule is CC(CC1CC1)NC(c1ccccc1)c1ccco1. The Morgan fingerprint density at radius 3 is 2.58 bits per heavy atom. The summed E-state index contributed by atoms with van der Waals surface area (Å²) in [6.45, 7) is 2.28. The molecule has 1 aromatic heterocycles. The number of nitrogens with one attached hydrogen (secondary N) is 1. The molecule has 2 nitrogen and oxygen atoms in total. The van der Waals surface area contributed by atoms with Crippen LogP contribution in [-0.4, -0.2) is 6.04 Å². The standard InChI is InChI=1S/C17H21NO/c1-13(12-14-9-10-14)18-17(16-8-5-11-19-16)15-6-3-2-4-7-15/h2-8,11,13-14,17-18H,9-10,12H2,1H3. The zero-order valence-electron chi connectivity index (χ0n) is 11.4. The van der Waals surface area contributed by atoms with Gasteiger partial charge in [-0.2, -0.15) is 0 Å². The molecule has 100 valence electrons. The molecule has 1 fully saturated rings. The minimum absolute atomic E-state index is 0.157. The Hall–Kier alpha value is -1.54. The molecule has 1 aliphatic rings. The van der Waals surface area contributed by atoms with Crippen LogP contribution in [0.2, 0.25) is 0 Å². The predicted octanol–water partition coefficient (Wildman–Crippen LogP) is 4.15. The number of hydrogen-bond donors (Lipinski definition) is 1. The van der Waals surface area contributed by atoms with Crippen LogP contribution in [0.15, 0.2) is 53.1 Å². The minimum atomic E-state index is 0.157. The van der Waals surface area contributed by atoms with Gasteiger partial charge in [-0.1, -0.05) is 43.2 Å². The molecule has 0 saturated heterocycles. The lowest BCUT2D eigenvalue weighted by Gasteiger charge is -2.22. The Bertz CT molecular complexity index is 487. The van der Waals surface area contributed by atoms with Crippen molar-refractivity contribution >= 4 is 0 Å². The fraction of sp³-hybridized carbons (Fsp3) is 0.412. The van der Waals surface area contributed by atoms with Crippen molar-refractivity contribution in [2.24, 2.45) is 5.92 Å². The summed E-state index contributed by atoms with van der Waals surface area (Å²) in [6, 6.07) is 15.2. The molecular formula is C17H21NO. The highest BCUT2D eigenvalue weighted by Gasteiger charge is 2.26. The van der Waals surface area contributed by atoms with Gasteiger partial charge < -0.3 is 9.73 Å². The Labute approximate surface area is 114 Å². The van der Waals surface area contributed by atoms with Crippen LogP contribution in [0.5, 0.6) is 0 Å². The maximum atomic E-state index is 5.61. The molecule has 1 aliphatic carbocycles. The molecule has 2 unspecified atom stereocenters. The monoisotopic (exact) mass is 255 g/mol. The Kier molecular flexibility index (Phi) is 3.69. The summed E-state index contributed by atoms with van der Waals surface area (Å²) in [7, 11) is 0. The second kappa shape index (κ2) is 5.62. The van der Waals surface area contributed by atoms with Crippen LogP contribution >= 0.6 is 0 Å². The van der Waals surface area contributed by atoms with Crippen molar-refractivity contribution in [2.75, 3.05) is 0 Å². The minimum Gasteiger partial charge on any atom is -0.467 e. The largest absolute Gasteiger partial charge is 0.467 e. The molecule has 0 bridgehead atoms. The van der Waals surface area contributed by atoms with Gasteiger partial charge in [-0.25, -0.2) is 0 Å². The molecule has 0 spiro atoms. The van der Waals surface area contributed by atoms with Gasteiger partial charge in [-0.15, -0.1) is 0 Å². The van der Waals surface area contributed by atoms with Crippen molar-refractivity contribution in [1.82, 2.24) is 5.32 Å². The van der Waals surface area contributed by atoms with Crippen LogP contribution in [0.1, 0.15) is 43.6 Å². The fourth-order valence-electron chi connectivity index (χ4n) is 2.65. The molecule has 1 heterocycles. The van der Waals surface area contributed by atoms with E-state index in [4.69, 9.17) is 4.42 Å². The van der Waals surface area contributed by atoms with Crippen LogP contribution in [-0.2, 0) is 0 Å². The van der Waals surface area contributed by atoms with Crippen LogP contribution in [0.4, 0.5) is 0 Å². The number of furan rings is 1. The molecule has 3 rings (SSSR count). The fourth-order valence-corrected chi connectivity index (χ4v) is 2.65. The third-order valence-electron chi connectivity index (χ3n) is 3.80. The molecule has 0 amide bonds. The highest BCUT2D eigenvalue weighted by molar-refractivity contribution is 5.26. The molecular weight excluding hydrogens is 234 g/mol. The van der Waals surface area contributed by atoms with E-state index in [1.54, 1.807) is 6.26 Å². The highest BCUT2D eigenvalue weighted by Crippen LogP contribution is 2.34. The van der Waals surface area contributed by atoms with Gasteiger partial charge in [0, 0.05) is 6.04 Å². The molecule has 1 N–H and O–H groups in total. The summed E-state index contributed by atoms with van der Waals surface area (Å²) in [5.41, 5.74) is 1.26. The molecule has 2 atom stereocenters. The Balaban J connectivity index is 1.76. The van der Waals surface area contributed by atoms with Gasteiger partial charge in [0.15, 0.2) is 0 Å². The Morgan fingerprint density at radius 2 is 1.95 bits per heavy atom. The van der Waals surface area contributed by atoms with Crippen LogP contribution in [0.25, 0.3) is 0 Å². The summed E-state index contributed by atoms with van der Waals surface area (Å²) < 4.78 is 5.61. The molecule has 0 aliphatic heterocycles. The topological polar surface area (TPSA) is 25.2 Å². The Morgan fingerprint density at radius 1 is 1.16 bits per heavy atom. The van der Waals surface area contributed by atoms with Crippen molar-refractivity contribution in [3.05, 3.63) is 60.1 Å². The smallest absolute Gasteiger partial charge is 0.125 e. The lowest BCUT2D eigenvalue weighted by molar-refractivity contribution is 0.395. The first-order chi connectivity index (χ1) is 9.33.